The van der Waals surface area contributed by atoms with Crippen LogP contribution in [0.25, 0.3) is 0 Å². The molecule has 0 saturated carbocycles. The van der Waals surface area contributed by atoms with Crippen molar-refractivity contribution >= 4 is 11.4 Å². The number of nitrogens with zero attached hydrogens (tertiary/aromatic N) is 1. The fraction of sp³-hybridized carbons (Fsp3) is 0.188. The second-order valence-electron chi connectivity index (χ2n) is 4.86. The third-order valence-electron chi connectivity index (χ3n) is 3.46. The van der Waals surface area contributed by atoms with Gasteiger partial charge < -0.3 is 0 Å². The number of anilines is 1. The average molecular weight is 272 g/mol. The van der Waals surface area contributed by atoms with Crippen LogP contribution in [0, 0.1) is 11.6 Å². The Morgan fingerprint density at radius 2 is 1.75 bits per heavy atom. The molecule has 0 fully saturated rings. The molecule has 0 heterocycles. The number of hydrogen-bond acceptors (Lipinski definition) is 2. The second kappa shape index (κ2) is 5.41. The van der Waals surface area contributed by atoms with Crippen molar-refractivity contribution in [2.75, 3.05) is 5.43 Å². The molecule has 0 aromatic heterocycles. The molecule has 0 aliphatic heterocycles. The number of nitrogens with one attached hydrogen (secondary N) is 1. The van der Waals surface area contributed by atoms with Gasteiger partial charge in [0, 0.05) is 18.2 Å². The number of rotatable bonds is 2. The van der Waals surface area contributed by atoms with E-state index in [2.05, 4.69) is 22.7 Å². The summed E-state index contributed by atoms with van der Waals surface area (Å²) in [7, 11) is 0. The second-order valence-corrected chi connectivity index (χ2v) is 4.86. The van der Waals surface area contributed by atoms with Gasteiger partial charge in [-0.2, -0.15) is 5.10 Å². The van der Waals surface area contributed by atoms with Gasteiger partial charge in [0.15, 0.2) is 5.82 Å². The summed E-state index contributed by atoms with van der Waals surface area (Å²) in [5.74, 6) is -1.22. The van der Waals surface area contributed by atoms with E-state index in [1.165, 1.54) is 23.3 Å². The molecular formula is C16H14F2N2. The van der Waals surface area contributed by atoms with Gasteiger partial charge in [-0.3, -0.25) is 5.43 Å². The predicted octanol–water partition coefficient (Wildman–Crippen LogP) is 3.92. The molecule has 1 N–H and O–H groups in total. The summed E-state index contributed by atoms with van der Waals surface area (Å²) in [5, 5.41) is 4.25. The fourth-order valence-electron chi connectivity index (χ4n) is 2.38. The van der Waals surface area contributed by atoms with E-state index < -0.39 is 11.6 Å². The first-order chi connectivity index (χ1) is 9.72. The smallest absolute Gasteiger partial charge is 0.151 e. The molecule has 0 amide bonds. The molecule has 1 aliphatic carbocycles. The van der Waals surface area contributed by atoms with Crippen molar-refractivity contribution in [3.63, 3.8) is 0 Å². The molecule has 2 aromatic carbocycles. The van der Waals surface area contributed by atoms with E-state index in [9.17, 15) is 8.78 Å². The van der Waals surface area contributed by atoms with Crippen LogP contribution in [0.4, 0.5) is 14.5 Å². The molecule has 4 heteroatoms. The molecule has 0 saturated heterocycles. The van der Waals surface area contributed by atoms with Crippen LogP contribution in [0.1, 0.15) is 17.5 Å². The van der Waals surface area contributed by atoms with Crippen molar-refractivity contribution in [1.29, 1.82) is 0 Å². The first-order valence-electron chi connectivity index (χ1n) is 6.55. The minimum Gasteiger partial charge on any atom is -0.276 e. The summed E-state index contributed by atoms with van der Waals surface area (Å²) >= 11 is 0. The maximum atomic E-state index is 13.5. The minimum absolute atomic E-state index is 0.192. The SMILES string of the molecule is Fc1ccc(N/N=C2\CCc3ccccc3C2)c(F)c1. The van der Waals surface area contributed by atoms with Crippen LogP contribution in [0.3, 0.4) is 0 Å². The number of aryl methyl sites for hydroxylation is 1. The van der Waals surface area contributed by atoms with Gasteiger partial charge in [0.2, 0.25) is 0 Å². The largest absolute Gasteiger partial charge is 0.276 e. The van der Waals surface area contributed by atoms with Crippen molar-refractivity contribution in [2.45, 2.75) is 19.3 Å². The predicted molar refractivity (Wildman–Crippen MR) is 75.9 cm³/mol. The lowest BCUT2D eigenvalue weighted by Crippen LogP contribution is -2.15. The molecule has 0 spiro atoms. The molecule has 0 atom stereocenters. The van der Waals surface area contributed by atoms with Crippen LogP contribution in [0.5, 0.6) is 0 Å². The number of fused-ring (bicyclic) bond motifs is 1. The number of benzene rings is 2. The normalized spacial score (nSPS) is 16.0. The van der Waals surface area contributed by atoms with Gasteiger partial charge >= 0.3 is 0 Å². The maximum Gasteiger partial charge on any atom is 0.151 e. The zero-order valence-corrected chi connectivity index (χ0v) is 10.9. The van der Waals surface area contributed by atoms with Gasteiger partial charge in [0.05, 0.1) is 5.69 Å². The van der Waals surface area contributed by atoms with E-state index in [1.807, 2.05) is 12.1 Å². The summed E-state index contributed by atoms with van der Waals surface area (Å²) in [6, 6.07) is 11.7. The summed E-state index contributed by atoms with van der Waals surface area (Å²) in [4.78, 5) is 0. The van der Waals surface area contributed by atoms with Crippen molar-refractivity contribution in [2.24, 2.45) is 5.10 Å². The van der Waals surface area contributed by atoms with Crippen LogP contribution in [-0.2, 0) is 12.8 Å². The molecule has 2 nitrogen and oxygen atoms in total. The highest BCUT2D eigenvalue weighted by molar-refractivity contribution is 5.89. The number of hydrogen-bond donors (Lipinski definition) is 1. The van der Waals surface area contributed by atoms with Gasteiger partial charge in [-0.25, -0.2) is 8.78 Å². The average Bonchev–Trinajstić information content (AvgIpc) is 2.46. The Labute approximate surface area is 116 Å². The summed E-state index contributed by atoms with van der Waals surface area (Å²) < 4.78 is 26.3. The van der Waals surface area contributed by atoms with E-state index in [4.69, 9.17) is 0 Å². The van der Waals surface area contributed by atoms with Crippen molar-refractivity contribution in [3.8, 4) is 0 Å². The molecule has 2 aromatic rings. The molecule has 0 unspecified atom stereocenters. The highest BCUT2D eigenvalue weighted by atomic mass is 19.1. The first kappa shape index (κ1) is 12.8. The Morgan fingerprint density at radius 1 is 0.950 bits per heavy atom. The van der Waals surface area contributed by atoms with Crippen LogP contribution in [-0.4, -0.2) is 5.71 Å². The lowest BCUT2D eigenvalue weighted by molar-refractivity contribution is 0.585. The van der Waals surface area contributed by atoms with Crippen molar-refractivity contribution < 1.29 is 8.78 Å². The van der Waals surface area contributed by atoms with Crippen LogP contribution in [0.2, 0.25) is 0 Å². The monoisotopic (exact) mass is 272 g/mol. The molecule has 0 radical (unpaired) electrons. The van der Waals surface area contributed by atoms with Crippen molar-refractivity contribution in [3.05, 3.63) is 65.2 Å². The topological polar surface area (TPSA) is 24.4 Å². The molecular weight excluding hydrogens is 258 g/mol. The molecule has 102 valence electrons. The van der Waals surface area contributed by atoms with Crippen LogP contribution in [0.15, 0.2) is 47.6 Å². The van der Waals surface area contributed by atoms with Gasteiger partial charge in [-0.15, -0.1) is 0 Å². The van der Waals surface area contributed by atoms with Gasteiger partial charge in [0.1, 0.15) is 5.82 Å². The molecule has 20 heavy (non-hydrogen) atoms. The molecule has 0 bridgehead atoms. The van der Waals surface area contributed by atoms with E-state index >= 15 is 0 Å². The van der Waals surface area contributed by atoms with Crippen molar-refractivity contribution in [1.82, 2.24) is 0 Å². The summed E-state index contributed by atoms with van der Waals surface area (Å²) in [6.07, 6.45) is 2.57. The Balaban J connectivity index is 1.75. The quantitative estimate of drug-likeness (QED) is 0.823. The Hall–Kier alpha value is -2.23. The van der Waals surface area contributed by atoms with Crippen LogP contribution < -0.4 is 5.43 Å². The van der Waals surface area contributed by atoms with E-state index in [0.29, 0.717) is 0 Å². The summed E-state index contributed by atoms with van der Waals surface area (Å²) in [6.45, 7) is 0. The zero-order chi connectivity index (χ0) is 13.9. The lowest BCUT2D eigenvalue weighted by atomic mass is 9.90. The Kier molecular flexibility index (Phi) is 3.46. The number of halogens is 2. The maximum absolute atomic E-state index is 13.5. The van der Waals surface area contributed by atoms with Gasteiger partial charge in [-0.05, 0) is 36.1 Å². The molecule has 1 aliphatic rings. The standard InChI is InChI=1S/C16H14F2N2/c17-13-6-8-16(15(18)10-13)20-19-14-7-5-11-3-1-2-4-12(11)9-14/h1-4,6,8,10,20H,5,7,9H2/b19-14+. The Bertz CT molecular complexity index is 665. The van der Waals surface area contributed by atoms with E-state index in [1.54, 1.807) is 0 Å². The van der Waals surface area contributed by atoms with Gasteiger partial charge in [0.25, 0.3) is 0 Å². The first-order valence-corrected chi connectivity index (χ1v) is 6.55. The highest BCUT2D eigenvalue weighted by Crippen LogP contribution is 2.20. The van der Waals surface area contributed by atoms with E-state index in [0.717, 1.165) is 31.0 Å². The summed E-state index contributed by atoms with van der Waals surface area (Å²) in [5.41, 5.74) is 6.47. The molecule has 3 rings (SSSR count). The minimum atomic E-state index is -0.634. The lowest BCUT2D eigenvalue weighted by Gasteiger charge is -2.17. The van der Waals surface area contributed by atoms with E-state index in [-0.39, 0.29) is 5.69 Å². The zero-order valence-electron chi connectivity index (χ0n) is 10.9. The van der Waals surface area contributed by atoms with Crippen LogP contribution >= 0.6 is 0 Å². The third-order valence-corrected chi connectivity index (χ3v) is 3.46. The van der Waals surface area contributed by atoms with Gasteiger partial charge in [-0.1, -0.05) is 24.3 Å². The highest BCUT2D eigenvalue weighted by Gasteiger charge is 2.13. The third kappa shape index (κ3) is 2.69. The Morgan fingerprint density at radius 3 is 2.55 bits per heavy atom. The number of hydrazone groups is 1. The fourth-order valence-corrected chi connectivity index (χ4v) is 2.38.